The number of benzene rings is 2. The zero-order valence-corrected chi connectivity index (χ0v) is 13.7. The first-order valence-corrected chi connectivity index (χ1v) is 8.23. The van der Waals surface area contributed by atoms with Gasteiger partial charge >= 0.3 is 0 Å². The third-order valence-electron chi connectivity index (χ3n) is 4.47. The van der Waals surface area contributed by atoms with Crippen molar-refractivity contribution in [1.29, 1.82) is 0 Å². The first-order valence-electron chi connectivity index (χ1n) is 8.23. The van der Waals surface area contributed by atoms with Crippen LogP contribution in [0, 0.1) is 17.5 Å². The largest absolute Gasteiger partial charge is 0.368 e. The molecule has 0 N–H and O–H groups in total. The summed E-state index contributed by atoms with van der Waals surface area (Å²) in [6.45, 7) is 3.36. The Balaban J connectivity index is 1.68. The Hall–Kier alpha value is -2.34. The molecule has 1 saturated heterocycles. The number of carbonyl (C=O) groups excluding carboxylic acids is 1. The zero-order chi connectivity index (χ0) is 17.8. The van der Waals surface area contributed by atoms with Gasteiger partial charge in [-0.2, -0.15) is 0 Å². The second-order valence-corrected chi connectivity index (χ2v) is 6.16. The molecule has 0 bridgehead atoms. The summed E-state index contributed by atoms with van der Waals surface area (Å²) >= 11 is 0. The fourth-order valence-electron chi connectivity index (χ4n) is 3.11. The average Bonchev–Trinajstić information content (AvgIpc) is 2.85. The van der Waals surface area contributed by atoms with E-state index in [-0.39, 0.29) is 17.1 Å². The highest BCUT2D eigenvalue weighted by Crippen LogP contribution is 2.25. The van der Waals surface area contributed by atoms with Gasteiger partial charge in [-0.3, -0.25) is 9.69 Å². The summed E-state index contributed by atoms with van der Waals surface area (Å²) in [6.07, 6.45) is 1.12. The van der Waals surface area contributed by atoms with E-state index in [2.05, 4.69) is 4.90 Å². The number of nitrogens with zero attached hydrogens (tertiary/aromatic N) is 2. The van der Waals surface area contributed by atoms with Crippen molar-refractivity contribution in [3.05, 3.63) is 65.0 Å². The molecule has 0 unspecified atom stereocenters. The van der Waals surface area contributed by atoms with Crippen molar-refractivity contribution >= 4 is 12.0 Å². The second kappa shape index (κ2) is 7.70. The van der Waals surface area contributed by atoms with E-state index in [1.165, 1.54) is 24.3 Å². The van der Waals surface area contributed by atoms with Gasteiger partial charge in [0.05, 0.1) is 11.3 Å². The summed E-state index contributed by atoms with van der Waals surface area (Å²) in [5.41, 5.74) is 0.933. The molecule has 132 valence electrons. The van der Waals surface area contributed by atoms with Crippen LogP contribution in [0.4, 0.5) is 18.9 Å². The fourth-order valence-corrected chi connectivity index (χ4v) is 3.11. The molecule has 2 aromatic rings. The van der Waals surface area contributed by atoms with E-state index >= 15 is 0 Å². The molecular formula is C19H19F3N2O. The topological polar surface area (TPSA) is 23.6 Å². The summed E-state index contributed by atoms with van der Waals surface area (Å²) in [7, 11) is 0. The molecule has 3 rings (SSSR count). The lowest BCUT2D eigenvalue weighted by molar-refractivity contribution is 0.111. The molecule has 0 aliphatic carbocycles. The van der Waals surface area contributed by atoms with Crippen LogP contribution in [0.3, 0.4) is 0 Å². The van der Waals surface area contributed by atoms with E-state index in [0.717, 1.165) is 18.5 Å². The van der Waals surface area contributed by atoms with Crippen LogP contribution < -0.4 is 4.90 Å². The Morgan fingerprint density at radius 3 is 2.36 bits per heavy atom. The third kappa shape index (κ3) is 4.02. The van der Waals surface area contributed by atoms with Crippen LogP contribution in [0.2, 0.25) is 0 Å². The normalized spacial score (nSPS) is 15.9. The van der Waals surface area contributed by atoms with Gasteiger partial charge < -0.3 is 4.90 Å². The molecule has 25 heavy (non-hydrogen) atoms. The summed E-state index contributed by atoms with van der Waals surface area (Å²) < 4.78 is 41.1. The minimum atomic E-state index is -1.10. The molecule has 3 nitrogen and oxygen atoms in total. The Bertz CT molecular complexity index is 749. The van der Waals surface area contributed by atoms with Crippen molar-refractivity contribution in [2.45, 2.75) is 13.0 Å². The highest BCUT2D eigenvalue weighted by atomic mass is 19.2. The van der Waals surface area contributed by atoms with E-state index < -0.39 is 11.6 Å². The van der Waals surface area contributed by atoms with Crippen LogP contribution in [0.15, 0.2) is 36.4 Å². The average molecular weight is 348 g/mol. The van der Waals surface area contributed by atoms with Crippen molar-refractivity contribution in [3.8, 4) is 0 Å². The summed E-state index contributed by atoms with van der Waals surface area (Å²) in [4.78, 5) is 14.7. The lowest BCUT2D eigenvalue weighted by Crippen LogP contribution is -2.31. The third-order valence-corrected chi connectivity index (χ3v) is 4.47. The van der Waals surface area contributed by atoms with Crippen LogP contribution in [0.5, 0.6) is 0 Å². The van der Waals surface area contributed by atoms with Crippen molar-refractivity contribution < 1.29 is 18.0 Å². The number of aldehydes is 1. The van der Waals surface area contributed by atoms with E-state index in [1.54, 1.807) is 17.0 Å². The molecule has 1 heterocycles. The zero-order valence-electron chi connectivity index (χ0n) is 13.7. The minimum Gasteiger partial charge on any atom is -0.368 e. The first kappa shape index (κ1) is 17.5. The standard InChI is InChI=1S/C19H19F3N2O/c20-16-5-2-14(3-6-16)12-23-8-1-9-24(11-10-23)17-7-4-15(13-25)18(21)19(17)22/h2-7,13H,1,8-12H2. The van der Waals surface area contributed by atoms with Gasteiger partial charge in [0, 0.05) is 32.7 Å². The van der Waals surface area contributed by atoms with Crippen LogP contribution >= 0.6 is 0 Å². The first-order chi connectivity index (χ1) is 12.1. The summed E-state index contributed by atoms with van der Waals surface area (Å²) in [5, 5.41) is 0. The highest BCUT2D eigenvalue weighted by Gasteiger charge is 2.21. The summed E-state index contributed by atoms with van der Waals surface area (Å²) in [5.74, 6) is -2.33. The van der Waals surface area contributed by atoms with Gasteiger partial charge in [-0.15, -0.1) is 0 Å². The molecule has 1 fully saturated rings. The molecule has 0 saturated carbocycles. The highest BCUT2D eigenvalue weighted by molar-refractivity contribution is 5.76. The van der Waals surface area contributed by atoms with Crippen molar-refractivity contribution in [3.63, 3.8) is 0 Å². The predicted molar refractivity (Wildman–Crippen MR) is 90.3 cm³/mol. The van der Waals surface area contributed by atoms with E-state index in [0.29, 0.717) is 32.5 Å². The maximum atomic E-state index is 14.2. The van der Waals surface area contributed by atoms with Crippen LogP contribution in [0.1, 0.15) is 22.3 Å². The van der Waals surface area contributed by atoms with Crippen molar-refractivity contribution in [1.82, 2.24) is 4.90 Å². The molecule has 0 atom stereocenters. The van der Waals surface area contributed by atoms with Gasteiger partial charge in [-0.1, -0.05) is 12.1 Å². The quantitative estimate of drug-likeness (QED) is 0.789. The van der Waals surface area contributed by atoms with Gasteiger partial charge in [0.2, 0.25) is 0 Å². The maximum absolute atomic E-state index is 14.2. The Morgan fingerprint density at radius 1 is 0.880 bits per heavy atom. The number of anilines is 1. The number of carbonyl (C=O) groups is 1. The Kier molecular flexibility index (Phi) is 5.38. The smallest absolute Gasteiger partial charge is 0.182 e. The molecule has 1 aliphatic rings. The Morgan fingerprint density at radius 2 is 1.64 bits per heavy atom. The van der Waals surface area contributed by atoms with Gasteiger partial charge in [0.1, 0.15) is 5.82 Å². The monoisotopic (exact) mass is 348 g/mol. The van der Waals surface area contributed by atoms with E-state index in [9.17, 15) is 18.0 Å². The van der Waals surface area contributed by atoms with Crippen LogP contribution in [0.25, 0.3) is 0 Å². The van der Waals surface area contributed by atoms with E-state index in [4.69, 9.17) is 0 Å². The van der Waals surface area contributed by atoms with Gasteiger partial charge in [0.15, 0.2) is 17.9 Å². The lowest BCUT2D eigenvalue weighted by atomic mass is 10.1. The predicted octanol–water partition coefficient (Wildman–Crippen LogP) is 3.63. The Labute approximate surface area is 144 Å². The van der Waals surface area contributed by atoms with Crippen LogP contribution in [-0.2, 0) is 6.54 Å². The lowest BCUT2D eigenvalue weighted by Gasteiger charge is -2.24. The second-order valence-electron chi connectivity index (χ2n) is 6.16. The van der Waals surface area contributed by atoms with Gasteiger partial charge in [0.25, 0.3) is 0 Å². The molecule has 0 radical (unpaired) electrons. The number of halogens is 3. The molecule has 0 amide bonds. The van der Waals surface area contributed by atoms with Gasteiger partial charge in [-0.05, 0) is 36.2 Å². The summed E-state index contributed by atoms with van der Waals surface area (Å²) in [6, 6.07) is 9.15. The molecule has 1 aliphatic heterocycles. The number of rotatable bonds is 4. The molecular weight excluding hydrogens is 329 g/mol. The van der Waals surface area contributed by atoms with Gasteiger partial charge in [-0.25, -0.2) is 13.2 Å². The van der Waals surface area contributed by atoms with Crippen molar-refractivity contribution in [2.24, 2.45) is 0 Å². The fraction of sp³-hybridized carbons (Fsp3) is 0.316. The van der Waals surface area contributed by atoms with Crippen molar-refractivity contribution in [2.75, 3.05) is 31.1 Å². The molecule has 0 spiro atoms. The SMILES string of the molecule is O=Cc1ccc(N2CCCN(Cc3ccc(F)cc3)CC2)c(F)c1F. The molecule has 0 aromatic heterocycles. The maximum Gasteiger partial charge on any atom is 0.182 e. The molecule has 6 heteroatoms. The number of hydrogen-bond donors (Lipinski definition) is 0. The minimum absolute atomic E-state index is 0.187. The van der Waals surface area contributed by atoms with E-state index in [1.807, 2.05) is 0 Å². The molecule has 2 aromatic carbocycles. The van der Waals surface area contributed by atoms with Crippen LogP contribution in [-0.4, -0.2) is 37.4 Å². The number of hydrogen-bond acceptors (Lipinski definition) is 3.